The summed E-state index contributed by atoms with van der Waals surface area (Å²) in [5, 5.41) is 14.1. The molecule has 6 atom stereocenters. The quantitative estimate of drug-likeness (QED) is 0.166. The van der Waals surface area contributed by atoms with Gasteiger partial charge in [-0.2, -0.15) is 0 Å². The molecule has 4 heterocycles. The molecular formula is C27H38N4O7S2. The number of nitrogens with zero attached hydrogens (tertiary/aromatic N) is 3. The van der Waals surface area contributed by atoms with Gasteiger partial charge in [0.25, 0.3) is 0 Å². The van der Waals surface area contributed by atoms with Gasteiger partial charge in [-0.25, -0.2) is 9.59 Å². The second-order valence-electron chi connectivity index (χ2n) is 10.3. The summed E-state index contributed by atoms with van der Waals surface area (Å²) in [5.74, 6) is -1.64. The minimum Gasteiger partial charge on any atom is -0.457 e. The number of aliphatic hydroxyl groups is 1. The summed E-state index contributed by atoms with van der Waals surface area (Å²) in [4.78, 5) is 45.0. The molecule has 0 radical (unpaired) electrons. The maximum atomic E-state index is 13.1. The Balaban J connectivity index is 1.52. The Bertz CT molecular complexity index is 1060. The molecule has 13 heteroatoms. The maximum absolute atomic E-state index is 13.1. The first-order valence-corrected chi connectivity index (χ1v) is 14.8. The van der Waals surface area contributed by atoms with E-state index in [1.807, 2.05) is 11.8 Å². The van der Waals surface area contributed by atoms with Crippen molar-refractivity contribution in [1.82, 2.24) is 20.0 Å². The van der Waals surface area contributed by atoms with E-state index in [4.69, 9.17) is 26.4 Å². The predicted octanol–water partition coefficient (Wildman–Crippen LogP) is 1.49. The largest absolute Gasteiger partial charge is 0.457 e. The van der Waals surface area contributed by atoms with Gasteiger partial charge in [0.05, 0.1) is 37.3 Å². The third-order valence-electron chi connectivity index (χ3n) is 7.65. The van der Waals surface area contributed by atoms with Crippen LogP contribution in [0.4, 0.5) is 4.79 Å². The maximum Gasteiger partial charge on any atom is 0.410 e. The van der Waals surface area contributed by atoms with E-state index in [0.29, 0.717) is 50.9 Å². The van der Waals surface area contributed by atoms with Gasteiger partial charge in [0, 0.05) is 42.3 Å². The van der Waals surface area contributed by atoms with Crippen molar-refractivity contribution in [3.63, 3.8) is 0 Å². The Labute approximate surface area is 244 Å². The lowest BCUT2D eigenvalue weighted by molar-refractivity contribution is -0.164. The van der Waals surface area contributed by atoms with Crippen LogP contribution < -0.4 is 5.32 Å². The minimum absolute atomic E-state index is 0.0182. The number of morpholine rings is 1. The number of esters is 1. The Morgan fingerprint density at radius 3 is 2.58 bits per heavy atom. The van der Waals surface area contributed by atoms with Crippen molar-refractivity contribution in [2.75, 3.05) is 52.6 Å². The second-order valence-corrected chi connectivity index (χ2v) is 12.0. The Morgan fingerprint density at radius 2 is 1.93 bits per heavy atom. The van der Waals surface area contributed by atoms with Crippen molar-refractivity contribution in [2.24, 2.45) is 11.8 Å². The molecule has 11 nitrogen and oxygen atoms in total. The number of ether oxygens (including phenoxy) is 3. The smallest absolute Gasteiger partial charge is 0.410 e. The van der Waals surface area contributed by atoms with Crippen LogP contribution in [0, 0.1) is 11.8 Å². The van der Waals surface area contributed by atoms with Crippen molar-refractivity contribution >= 4 is 47.1 Å². The van der Waals surface area contributed by atoms with Crippen LogP contribution in [0.5, 0.6) is 0 Å². The molecule has 4 aliphatic rings. The molecule has 2 amide bonds. The van der Waals surface area contributed by atoms with Gasteiger partial charge in [0.2, 0.25) is 5.91 Å². The summed E-state index contributed by atoms with van der Waals surface area (Å²) in [6, 6.07) is -0.522. The van der Waals surface area contributed by atoms with Crippen LogP contribution in [0.15, 0.2) is 35.9 Å². The van der Waals surface area contributed by atoms with Gasteiger partial charge in [-0.05, 0) is 25.6 Å². The van der Waals surface area contributed by atoms with Crippen molar-refractivity contribution in [3.05, 3.63) is 35.9 Å². The molecule has 0 spiro atoms. The van der Waals surface area contributed by atoms with Crippen LogP contribution in [-0.4, -0.2) is 119 Å². The first kappa shape index (κ1) is 30.4. The van der Waals surface area contributed by atoms with Crippen molar-refractivity contribution in [3.8, 4) is 0 Å². The molecule has 4 rings (SSSR count). The summed E-state index contributed by atoms with van der Waals surface area (Å²) in [6.07, 6.45) is 2.33. The number of fused-ring (bicyclic) bond motifs is 1. The molecule has 3 fully saturated rings. The van der Waals surface area contributed by atoms with Gasteiger partial charge in [-0.3, -0.25) is 4.79 Å². The number of likely N-dealkylation sites (tertiary alicyclic amines) is 1. The number of β-lactam (4-membered cyclic amide) rings is 1. The zero-order valence-electron chi connectivity index (χ0n) is 23.0. The number of aliphatic hydroxyl groups excluding tert-OH is 1. The van der Waals surface area contributed by atoms with Gasteiger partial charge in [-0.1, -0.05) is 32.2 Å². The summed E-state index contributed by atoms with van der Waals surface area (Å²) in [5.41, 5.74) is 0.224. The lowest BCUT2D eigenvalue weighted by atomic mass is 9.79. The van der Waals surface area contributed by atoms with Crippen LogP contribution >= 0.6 is 24.0 Å². The topological polar surface area (TPSA) is 121 Å². The van der Waals surface area contributed by atoms with E-state index >= 15 is 0 Å². The highest BCUT2D eigenvalue weighted by Crippen LogP contribution is 2.52. The van der Waals surface area contributed by atoms with Gasteiger partial charge in [0.15, 0.2) is 5.11 Å². The molecule has 0 aromatic carbocycles. The monoisotopic (exact) mass is 594 g/mol. The molecule has 1 unspecified atom stereocenters. The van der Waals surface area contributed by atoms with Gasteiger partial charge < -0.3 is 39.3 Å². The van der Waals surface area contributed by atoms with E-state index in [0.717, 1.165) is 4.91 Å². The molecule has 220 valence electrons. The third-order valence-corrected chi connectivity index (χ3v) is 9.55. The van der Waals surface area contributed by atoms with Crippen molar-refractivity contribution in [1.29, 1.82) is 0 Å². The van der Waals surface area contributed by atoms with E-state index in [2.05, 4.69) is 18.5 Å². The fourth-order valence-corrected chi connectivity index (χ4v) is 7.55. The number of thiocarbonyl (C=S) groups is 1. The van der Waals surface area contributed by atoms with Crippen LogP contribution in [0.1, 0.15) is 20.3 Å². The lowest BCUT2D eigenvalue weighted by Gasteiger charge is -2.46. The van der Waals surface area contributed by atoms with E-state index in [9.17, 15) is 19.5 Å². The van der Waals surface area contributed by atoms with Crippen LogP contribution in [-0.2, 0) is 23.8 Å². The molecule has 0 aromatic rings. The minimum atomic E-state index is -0.835. The highest BCUT2D eigenvalue weighted by Gasteiger charge is 2.60. The lowest BCUT2D eigenvalue weighted by Crippen LogP contribution is -2.63. The zero-order chi connectivity index (χ0) is 29.0. The molecule has 0 saturated carbocycles. The number of hydrogen-bond donors (Lipinski definition) is 2. The zero-order valence-corrected chi connectivity index (χ0v) is 24.6. The molecule has 3 saturated heterocycles. The summed E-state index contributed by atoms with van der Waals surface area (Å²) in [6.45, 7) is 14.4. The summed E-state index contributed by atoms with van der Waals surface area (Å²) in [7, 11) is 0. The first-order chi connectivity index (χ1) is 19.2. The molecule has 2 N–H and O–H groups in total. The Hall–Kier alpha value is -2.61. The average Bonchev–Trinajstić information content (AvgIpc) is 3.46. The number of nitrogens with one attached hydrogen (secondary N) is 1. The summed E-state index contributed by atoms with van der Waals surface area (Å²) < 4.78 is 16.1. The number of carbonyl (C=O) groups is 3. The van der Waals surface area contributed by atoms with Gasteiger partial charge in [-0.15, -0.1) is 11.8 Å². The molecular weight excluding hydrogens is 556 g/mol. The predicted molar refractivity (Wildman–Crippen MR) is 154 cm³/mol. The third kappa shape index (κ3) is 6.17. The number of hydrogen-bond acceptors (Lipinski definition) is 9. The molecule has 0 aliphatic carbocycles. The number of rotatable bonds is 10. The summed E-state index contributed by atoms with van der Waals surface area (Å²) >= 11 is 7.07. The SMILES string of the molecule is C=CCOC(=O)C1=C(S[C@H]2C[C@@H](CNC(=S)N3CCOCC3)N(C(=O)OCC=C)C2)[C@H](C)[C@@H]2C([C@@H](C)O)C(=O)N12. The van der Waals surface area contributed by atoms with E-state index in [-0.39, 0.29) is 48.1 Å². The van der Waals surface area contributed by atoms with E-state index in [1.54, 1.807) is 11.8 Å². The number of carbonyl (C=O) groups excluding carboxylic acids is 3. The number of thioether (sulfide) groups is 1. The fraction of sp³-hybridized carbons (Fsp3) is 0.630. The molecule has 40 heavy (non-hydrogen) atoms. The van der Waals surface area contributed by atoms with Crippen molar-refractivity contribution in [2.45, 2.75) is 43.7 Å². The van der Waals surface area contributed by atoms with Crippen LogP contribution in [0.3, 0.4) is 0 Å². The van der Waals surface area contributed by atoms with E-state index < -0.39 is 24.1 Å². The fourth-order valence-electron chi connectivity index (χ4n) is 5.72. The second kappa shape index (κ2) is 13.4. The molecule has 0 bridgehead atoms. The highest BCUT2D eigenvalue weighted by atomic mass is 32.2. The highest BCUT2D eigenvalue weighted by molar-refractivity contribution is 8.03. The van der Waals surface area contributed by atoms with Gasteiger partial charge in [0.1, 0.15) is 18.9 Å². The average molecular weight is 595 g/mol. The van der Waals surface area contributed by atoms with Crippen molar-refractivity contribution < 1.29 is 33.7 Å². The first-order valence-electron chi connectivity index (χ1n) is 13.5. The normalized spacial score (nSPS) is 28.5. The molecule has 4 aliphatic heterocycles. The Morgan fingerprint density at radius 1 is 1.25 bits per heavy atom. The van der Waals surface area contributed by atoms with E-state index in [1.165, 1.54) is 28.8 Å². The molecule has 0 aromatic heterocycles. The van der Waals surface area contributed by atoms with Crippen LogP contribution in [0.2, 0.25) is 0 Å². The Kier molecular flexibility index (Phi) is 10.1. The van der Waals surface area contributed by atoms with Crippen LogP contribution in [0.25, 0.3) is 0 Å². The standard InChI is InChI=1S/C27H38N4O7S2/c1-5-9-37-25(34)22-23(16(3)21-20(17(4)32)24(33)31(21)22)40-19-13-18(30(15-19)27(35)38-10-6-2)14-28-26(39)29-7-11-36-12-8-29/h5-6,16-21,32H,1-2,7-15H2,3-4H3,(H,28,39)/t16-,17-,18+,19+,20?,21-/m1/s1. The van der Waals surface area contributed by atoms with Gasteiger partial charge >= 0.3 is 12.1 Å². The number of amides is 2.